The van der Waals surface area contributed by atoms with Gasteiger partial charge in [0, 0.05) is 60.6 Å². The minimum Gasteiger partial charge on any atom is -0.446 e. The molecule has 0 aliphatic carbocycles. The van der Waals surface area contributed by atoms with Gasteiger partial charge in [0.05, 0.1) is 0 Å². The number of ether oxygens (including phenoxy) is 2. The normalized spacial score (nSPS) is 14.1. The molecule has 324 valence electrons. The molecule has 0 amide bonds. The van der Waals surface area contributed by atoms with Crippen molar-refractivity contribution in [3.63, 3.8) is 0 Å². The van der Waals surface area contributed by atoms with Crippen LogP contribution in [0.15, 0.2) is 121 Å². The molecular weight excluding hydrogens is 755 g/mol. The average Bonchev–Trinajstić information content (AvgIpc) is 3.19. The van der Waals surface area contributed by atoms with E-state index in [0.29, 0.717) is 60.5 Å². The van der Waals surface area contributed by atoms with Crippen molar-refractivity contribution < 1.29 is 27.8 Å². The molecule has 4 aromatic rings. The Hall–Kier alpha value is -4.66. The summed E-state index contributed by atoms with van der Waals surface area (Å²) in [4.78, 5) is 33.1. The van der Waals surface area contributed by atoms with Gasteiger partial charge in [0.25, 0.3) is 0 Å². The van der Waals surface area contributed by atoms with Crippen LogP contribution in [0, 0.1) is 35.3 Å². The predicted octanol–water partition coefficient (Wildman–Crippen LogP) is 11.6. The van der Waals surface area contributed by atoms with Crippen LogP contribution in [0.4, 0.5) is 8.78 Å². The Kier molecular flexibility index (Phi) is 18.7. The lowest BCUT2D eigenvalue weighted by Gasteiger charge is -2.36. The average molecular weight is 823 g/mol. The van der Waals surface area contributed by atoms with Crippen molar-refractivity contribution in [2.24, 2.45) is 23.7 Å². The maximum Gasteiger partial charge on any atom is 0.332 e. The number of rotatable bonds is 24. The predicted molar refractivity (Wildman–Crippen MR) is 239 cm³/mol. The molecule has 0 N–H and O–H groups in total. The molecule has 0 heterocycles. The zero-order valence-corrected chi connectivity index (χ0v) is 37.2. The van der Waals surface area contributed by atoms with Gasteiger partial charge in [0.2, 0.25) is 0 Å². The standard InChI is InChI=1S/C52H68F2N2O4/c1-39(2)35-55(36-40(3)4)33-15-31-51(43-17-11-9-12-18-43,45-21-25-47(53)26-22-45)59-49(57)29-30-50(58)60-52(44-19-13-10-14-20-44,46-23-27-48(54)28-24-46)32-16-34-56(37-41(5)6)38-42(7)8/h9-14,17-30,39-42H,15-16,31-38H2,1-8H3/b30-29-. The van der Waals surface area contributed by atoms with Gasteiger partial charge >= 0.3 is 11.9 Å². The third-order valence-corrected chi connectivity index (χ3v) is 10.5. The van der Waals surface area contributed by atoms with Crippen molar-refractivity contribution in [3.05, 3.63) is 155 Å². The lowest BCUT2D eigenvalue weighted by molar-refractivity contribution is -0.154. The summed E-state index contributed by atoms with van der Waals surface area (Å²) in [5.74, 6) is -0.356. The lowest BCUT2D eigenvalue weighted by atomic mass is 9.82. The van der Waals surface area contributed by atoms with E-state index in [1.807, 2.05) is 60.7 Å². The van der Waals surface area contributed by atoms with E-state index in [9.17, 15) is 18.4 Å². The third-order valence-electron chi connectivity index (χ3n) is 10.5. The van der Waals surface area contributed by atoms with Crippen LogP contribution in [0.2, 0.25) is 0 Å². The quantitative estimate of drug-likeness (QED) is 0.0518. The molecule has 0 aliphatic heterocycles. The van der Waals surface area contributed by atoms with E-state index in [1.165, 1.54) is 24.3 Å². The van der Waals surface area contributed by atoms with Gasteiger partial charge in [-0.05, 0) is 86.7 Å². The molecule has 2 unspecified atom stereocenters. The summed E-state index contributed by atoms with van der Waals surface area (Å²) in [6.07, 6.45) is 4.44. The van der Waals surface area contributed by atoms with Crippen molar-refractivity contribution in [2.75, 3.05) is 39.3 Å². The van der Waals surface area contributed by atoms with E-state index in [0.717, 1.165) is 62.5 Å². The Bertz CT molecular complexity index is 1740. The smallest absolute Gasteiger partial charge is 0.332 e. The Morgan fingerprint density at radius 3 is 1.05 bits per heavy atom. The van der Waals surface area contributed by atoms with E-state index in [1.54, 1.807) is 24.3 Å². The third kappa shape index (κ3) is 14.5. The molecule has 0 radical (unpaired) electrons. The maximum absolute atomic E-state index is 14.4. The van der Waals surface area contributed by atoms with Gasteiger partial charge in [-0.2, -0.15) is 0 Å². The number of esters is 2. The Morgan fingerprint density at radius 1 is 0.483 bits per heavy atom. The van der Waals surface area contributed by atoms with Gasteiger partial charge in [0.15, 0.2) is 11.2 Å². The second-order valence-electron chi connectivity index (χ2n) is 17.9. The van der Waals surface area contributed by atoms with Crippen LogP contribution < -0.4 is 0 Å². The molecule has 4 aromatic carbocycles. The van der Waals surface area contributed by atoms with Crippen LogP contribution in [0.3, 0.4) is 0 Å². The highest BCUT2D eigenvalue weighted by atomic mass is 19.1. The molecule has 0 aliphatic rings. The van der Waals surface area contributed by atoms with E-state index >= 15 is 0 Å². The summed E-state index contributed by atoms with van der Waals surface area (Å²) in [6, 6.07) is 31.2. The summed E-state index contributed by atoms with van der Waals surface area (Å²) in [5, 5.41) is 0. The fourth-order valence-electron chi connectivity index (χ4n) is 8.33. The van der Waals surface area contributed by atoms with Crippen LogP contribution in [0.5, 0.6) is 0 Å². The van der Waals surface area contributed by atoms with Gasteiger partial charge in [-0.25, -0.2) is 18.4 Å². The van der Waals surface area contributed by atoms with Crippen molar-refractivity contribution in [1.29, 1.82) is 0 Å². The first kappa shape index (κ1) is 48.0. The molecule has 0 saturated carbocycles. The Labute approximate surface area is 359 Å². The highest BCUT2D eigenvalue weighted by Crippen LogP contribution is 2.40. The zero-order valence-electron chi connectivity index (χ0n) is 37.2. The highest BCUT2D eigenvalue weighted by Gasteiger charge is 2.40. The zero-order chi connectivity index (χ0) is 43.7. The first-order chi connectivity index (χ1) is 28.6. The van der Waals surface area contributed by atoms with Crippen molar-refractivity contribution in [1.82, 2.24) is 9.80 Å². The molecule has 0 bridgehead atoms. The molecule has 4 rings (SSSR count). The largest absolute Gasteiger partial charge is 0.446 e. The van der Waals surface area contributed by atoms with E-state index in [4.69, 9.17) is 9.47 Å². The van der Waals surface area contributed by atoms with Crippen LogP contribution in [-0.2, 0) is 30.3 Å². The van der Waals surface area contributed by atoms with Gasteiger partial charge in [-0.15, -0.1) is 0 Å². The van der Waals surface area contributed by atoms with Crippen LogP contribution >= 0.6 is 0 Å². The fraction of sp³-hybridized carbons (Fsp3) is 0.462. The lowest BCUT2D eigenvalue weighted by Crippen LogP contribution is -2.37. The number of hydrogen-bond donors (Lipinski definition) is 0. The SMILES string of the molecule is CC(C)CN(CCCC(OC(=O)/C=C\C(=O)OC(CCCN(CC(C)C)CC(C)C)(c1ccccc1)c1ccc(F)cc1)(c1ccccc1)c1ccc(F)cc1)CC(C)C. The number of hydrogen-bond acceptors (Lipinski definition) is 6. The topological polar surface area (TPSA) is 59.1 Å². The molecule has 0 fully saturated rings. The van der Waals surface area contributed by atoms with E-state index in [-0.39, 0.29) is 0 Å². The number of nitrogens with zero attached hydrogens (tertiary/aromatic N) is 2. The summed E-state index contributed by atoms with van der Waals surface area (Å²) in [7, 11) is 0. The van der Waals surface area contributed by atoms with Gasteiger partial charge < -0.3 is 19.3 Å². The second-order valence-corrected chi connectivity index (χ2v) is 17.9. The van der Waals surface area contributed by atoms with E-state index < -0.39 is 34.8 Å². The molecule has 8 heteroatoms. The molecule has 0 spiro atoms. The highest BCUT2D eigenvalue weighted by molar-refractivity contribution is 5.92. The minimum absolute atomic E-state index is 0.398. The number of carbonyl (C=O) groups excluding carboxylic acids is 2. The molecule has 2 atom stereocenters. The van der Waals surface area contributed by atoms with Gasteiger partial charge in [0.1, 0.15) is 11.6 Å². The number of carbonyl (C=O) groups is 2. The van der Waals surface area contributed by atoms with Gasteiger partial charge in [-0.3, -0.25) is 0 Å². The second kappa shape index (κ2) is 23.4. The monoisotopic (exact) mass is 823 g/mol. The van der Waals surface area contributed by atoms with Crippen molar-refractivity contribution in [3.8, 4) is 0 Å². The maximum atomic E-state index is 14.4. The number of halogens is 2. The first-order valence-electron chi connectivity index (χ1n) is 21.8. The molecule has 0 saturated heterocycles. The van der Waals surface area contributed by atoms with Crippen LogP contribution in [0.1, 0.15) is 103 Å². The Morgan fingerprint density at radius 2 is 0.767 bits per heavy atom. The minimum atomic E-state index is -1.28. The van der Waals surface area contributed by atoms with Crippen molar-refractivity contribution >= 4 is 11.9 Å². The summed E-state index contributed by atoms with van der Waals surface area (Å²) < 4.78 is 41.7. The van der Waals surface area contributed by atoms with Gasteiger partial charge in [-0.1, -0.05) is 140 Å². The first-order valence-corrected chi connectivity index (χ1v) is 21.8. The summed E-state index contributed by atoms with van der Waals surface area (Å²) in [5.41, 5.74) is 0.180. The molecule has 0 aromatic heterocycles. The number of benzene rings is 4. The van der Waals surface area contributed by atoms with Crippen LogP contribution in [0.25, 0.3) is 0 Å². The molecular formula is C52H68F2N2O4. The summed E-state index contributed by atoms with van der Waals surface area (Å²) in [6.45, 7) is 23.0. The summed E-state index contributed by atoms with van der Waals surface area (Å²) >= 11 is 0. The molecule has 60 heavy (non-hydrogen) atoms. The Balaban J connectivity index is 1.68. The van der Waals surface area contributed by atoms with E-state index in [2.05, 4.69) is 65.2 Å². The van der Waals surface area contributed by atoms with Crippen molar-refractivity contribution in [2.45, 2.75) is 92.3 Å². The molecule has 6 nitrogen and oxygen atoms in total. The fourth-order valence-corrected chi connectivity index (χ4v) is 8.33. The van der Waals surface area contributed by atoms with Crippen LogP contribution in [-0.4, -0.2) is 61.0 Å².